The summed E-state index contributed by atoms with van der Waals surface area (Å²) in [5.74, 6) is 2.34. The van der Waals surface area contributed by atoms with E-state index in [0.29, 0.717) is 6.61 Å². The van der Waals surface area contributed by atoms with Gasteiger partial charge in [-0.15, -0.1) is 11.3 Å². The van der Waals surface area contributed by atoms with Gasteiger partial charge in [0, 0.05) is 16.6 Å². The summed E-state index contributed by atoms with van der Waals surface area (Å²) in [6, 6.07) is 25.6. The number of anilines is 2. The molecule has 0 amide bonds. The van der Waals surface area contributed by atoms with E-state index in [4.69, 9.17) is 9.47 Å². The first-order valence-electron chi connectivity index (χ1n) is 10.8. The minimum Gasteiger partial charge on any atom is -0.497 e. The molecule has 2 heterocycles. The standard InChI is InChI=1S/C27H23N3O3S/c1-32-22-11-7-19(8-12-22)16-33-23-4-2-3-21(13-23)30-27-26-24(28-17-29-27)14-25(34-26)20-9-5-18(15-31)6-10-20/h2-14,17,31H,15-16H2,1H3,(H,28,29,30). The molecule has 6 nitrogen and oxygen atoms in total. The highest BCUT2D eigenvalue weighted by Crippen LogP contribution is 2.36. The smallest absolute Gasteiger partial charge is 0.151 e. The molecular formula is C27H23N3O3S. The molecule has 5 aromatic rings. The van der Waals surface area contributed by atoms with E-state index >= 15 is 0 Å². The topological polar surface area (TPSA) is 76.5 Å². The lowest BCUT2D eigenvalue weighted by molar-refractivity contribution is 0.282. The summed E-state index contributed by atoms with van der Waals surface area (Å²) in [4.78, 5) is 10.0. The van der Waals surface area contributed by atoms with Crippen LogP contribution in [0.1, 0.15) is 11.1 Å². The Kier molecular flexibility index (Phi) is 6.38. The van der Waals surface area contributed by atoms with Crippen molar-refractivity contribution in [1.29, 1.82) is 0 Å². The van der Waals surface area contributed by atoms with Crippen molar-refractivity contribution in [2.24, 2.45) is 0 Å². The molecule has 0 unspecified atom stereocenters. The molecule has 0 saturated carbocycles. The van der Waals surface area contributed by atoms with Gasteiger partial charge in [-0.25, -0.2) is 9.97 Å². The van der Waals surface area contributed by atoms with Gasteiger partial charge in [0.15, 0.2) is 5.82 Å². The second-order valence-electron chi connectivity index (χ2n) is 7.69. The molecule has 0 spiro atoms. The molecule has 2 N–H and O–H groups in total. The second kappa shape index (κ2) is 9.91. The minimum atomic E-state index is 0.0368. The predicted octanol–water partition coefficient (Wildman–Crippen LogP) is 6.18. The van der Waals surface area contributed by atoms with Crippen LogP contribution in [-0.2, 0) is 13.2 Å². The summed E-state index contributed by atoms with van der Waals surface area (Å²) in [6.07, 6.45) is 1.57. The molecule has 7 heteroatoms. The largest absolute Gasteiger partial charge is 0.497 e. The Morgan fingerprint density at radius 3 is 2.44 bits per heavy atom. The van der Waals surface area contributed by atoms with Crippen LogP contribution in [0.3, 0.4) is 0 Å². The Morgan fingerprint density at radius 2 is 1.68 bits per heavy atom. The number of hydrogen-bond acceptors (Lipinski definition) is 7. The molecule has 0 radical (unpaired) electrons. The maximum atomic E-state index is 9.28. The van der Waals surface area contributed by atoms with Crippen LogP contribution in [0, 0.1) is 0 Å². The highest BCUT2D eigenvalue weighted by Gasteiger charge is 2.11. The maximum absolute atomic E-state index is 9.28. The average molecular weight is 470 g/mol. The molecule has 34 heavy (non-hydrogen) atoms. The van der Waals surface area contributed by atoms with Gasteiger partial charge in [-0.3, -0.25) is 0 Å². The number of rotatable bonds is 8. The average Bonchev–Trinajstić information content (AvgIpc) is 3.34. The first-order chi connectivity index (χ1) is 16.7. The van der Waals surface area contributed by atoms with Crippen LogP contribution in [0.2, 0.25) is 0 Å². The fraction of sp³-hybridized carbons (Fsp3) is 0.111. The van der Waals surface area contributed by atoms with Crippen molar-refractivity contribution in [3.63, 3.8) is 0 Å². The van der Waals surface area contributed by atoms with Crippen molar-refractivity contribution >= 4 is 33.1 Å². The second-order valence-corrected chi connectivity index (χ2v) is 8.74. The Bertz CT molecular complexity index is 1400. The molecule has 5 rings (SSSR count). The molecule has 0 aliphatic carbocycles. The molecule has 0 bridgehead atoms. The summed E-state index contributed by atoms with van der Waals surface area (Å²) >= 11 is 1.63. The lowest BCUT2D eigenvalue weighted by Crippen LogP contribution is -1.97. The number of hydrogen-bond donors (Lipinski definition) is 2. The number of ether oxygens (including phenoxy) is 2. The minimum absolute atomic E-state index is 0.0368. The van der Waals surface area contributed by atoms with Gasteiger partial charge >= 0.3 is 0 Å². The van der Waals surface area contributed by atoms with Crippen molar-refractivity contribution in [3.05, 3.63) is 96.3 Å². The van der Waals surface area contributed by atoms with E-state index in [-0.39, 0.29) is 6.61 Å². The Hall–Kier alpha value is -3.94. The number of fused-ring (bicyclic) bond motifs is 1. The zero-order chi connectivity index (χ0) is 23.3. The van der Waals surface area contributed by atoms with Gasteiger partial charge in [0.25, 0.3) is 0 Å². The summed E-state index contributed by atoms with van der Waals surface area (Å²) in [7, 11) is 1.65. The highest BCUT2D eigenvalue weighted by molar-refractivity contribution is 7.22. The summed E-state index contributed by atoms with van der Waals surface area (Å²) < 4.78 is 12.2. The normalized spacial score (nSPS) is 10.9. The van der Waals surface area contributed by atoms with Crippen LogP contribution < -0.4 is 14.8 Å². The van der Waals surface area contributed by atoms with Crippen molar-refractivity contribution in [2.45, 2.75) is 13.2 Å². The first kappa shape index (κ1) is 21.9. The fourth-order valence-electron chi connectivity index (χ4n) is 3.55. The number of thiophene rings is 1. The molecule has 0 atom stereocenters. The van der Waals surface area contributed by atoms with Gasteiger partial charge in [0.2, 0.25) is 0 Å². The molecule has 0 aliphatic rings. The molecule has 2 aromatic heterocycles. The van der Waals surface area contributed by atoms with Gasteiger partial charge in [-0.1, -0.05) is 42.5 Å². The van der Waals surface area contributed by atoms with Crippen LogP contribution >= 0.6 is 11.3 Å². The van der Waals surface area contributed by atoms with Gasteiger partial charge in [-0.2, -0.15) is 0 Å². The highest BCUT2D eigenvalue weighted by atomic mass is 32.1. The number of nitrogens with zero attached hydrogens (tertiary/aromatic N) is 2. The molecule has 0 saturated heterocycles. The Labute approximate surface area is 201 Å². The number of benzene rings is 3. The lowest BCUT2D eigenvalue weighted by atomic mass is 10.1. The van der Waals surface area contributed by atoms with Crippen LogP contribution in [0.4, 0.5) is 11.5 Å². The van der Waals surface area contributed by atoms with Crippen molar-refractivity contribution in [2.75, 3.05) is 12.4 Å². The Morgan fingerprint density at radius 1 is 0.882 bits per heavy atom. The zero-order valence-electron chi connectivity index (χ0n) is 18.6. The number of aliphatic hydroxyl groups is 1. The van der Waals surface area contributed by atoms with Crippen LogP contribution in [0.25, 0.3) is 20.7 Å². The van der Waals surface area contributed by atoms with E-state index in [1.54, 1.807) is 24.8 Å². The van der Waals surface area contributed by atoms with E-state index in [2.05, 4.69) is 21.4 Å². The Balaban J connectivity index is 1.33. The fourth-order valence-corrected chi connectivity index (χ4v) is 4.61. The third-order valence-electron chi connectivity index (χ3n) is 5.39. The first-order valence-corrected chi connectivity index (χ1v) is 11.6. The van der Waals surface area contributed by atoms with Gasteiger partial charge < -0.3 is 19.9 Å². The van der Waals surface area contributed by atoms with E-state index in [9.17, 15) is 5.11 Å². The molecule has 0 fully saturated rings. The summed E-state index contributed by atoms with van der Waals surface area (Å²) in [5, 5.41) is 12.7. The monoisotopic (exact) mass is 469 g/mol. The van der Waals surface area contributed by atoms with E-state index in [1.807, 2.05) is 72.8 Å². The number of nitrogens with one attached hydrogen (secondary N) is 1. The van der Waals surface area contributed by atoms with Crippen LogP contribution in [0.5, 0.6) is 11.5 Å². The molecular weight excluding hydrogens is 446 g/mol. The van der Waals surface area contributed by atoms with Gasteiger partial charge in [0.05, 0.1) is 23.9 Å². The van der Waals surface area contributed by atoms with Crippen molar-refractivity contribution in [3.8, 4) is 21.9 Å². The lowest BCUT2D eigenvalue weighted by Gasteiger charge is -2.10. The van der Waals surface area contributed by atoms with E-state index in [0.717, 1.165) is 54.8 Å². The number of aromatic nitrogens is 2. The number of aliphatic hydroxyl groups excluding tert-OH is 1. The summed E-state index contributed by atoms with van der Waals surface area (Å²) in [6.45, 7) is 0.504. The SMILES string of the molecule is COc1ccc(COc2cccc(Nc3ncnc4cc(-c5ccc(CO)cc5)sc34)c2)cc1. The molecule has 170 valence electrons. The van der Waals surface area contributed by atoms with Crippen molar-refractivity contribution in [1.82, 2.24) is 9.97 Å². The quantitative estimate of drug-likeness (QED) is 0.283. The van der Waals surface area contributed by atoms with Crippen LogP contribution in [-0.4, -0.2) is 22.2 Å². The molecule has 3 aromatic carbocycles. The predicted molar refractivity (Wildman–Crippen MR) is 136 cm³/mol. The van der Waals surface area contributed by atoms with E-state index < -0.39 is 0 Å². The van der Waals surface area contributed by atoms with Gasteiger partial charge in [-0.05, 0) is 47.0 Å². The summed E-state index contributed by atoms with van der Waals surface area (Å²) in [5.41, 5.74) is 4.81. The molecule has 0 aliphatic heterocycles. The third-order valence-corrected chi connectivity index (χ3v) is 6.57. The van der Waals surface area contributed by atoms with Crippen molar-refractivity contribution < 1.29 is 14.6 Å². The number of methoxy groups -OCH3 is 1. The zero-order valence-corrected chi connectivity index (χ0v) is 19.4. The third kappa shape index (κ3) is 4.85. The van der Waals surface area contributed by atoms with Crippen LogP contribution in [0.15, 0.2) is 85.2 Å². The maximum Gasteiger partial charge on any atom is 0.151 e. The van der Waals surface area contributed by atoms with Gasteiger partial charge in [0.1, 0.15) is 24.4 Å². The van der Waals surface area contributed by atoms with E-state index in [1.165, 1.54) is 0 Å².